The molecule has 0 atom stereocenters. The predicted molar refractivity (Wildman–Crippen MR) is 91.6 cm³/mol. The zero-order valence-corrected chi connectivity index (χ0v) is 14.7. The molecular weight excluding hydrogens is 390 g/mol. The summed E-state index contributed by atoms with van der Waals surface area (Å²) in [5, 5.41) is 8.74. The quantitative estimate of drug-likeness (QED) is 0.713. The number of fused-ring (bicyclic) bond motifs is 1. The molecular formula is C18H14BrNO5. The van der Waals surface area contributed by atoms with Gasteiger partial charge in [-0.1, -0.05) is 15.9 Å². The highest BCUT2D eigenvalue weighted by molar-refractivity contribution is 9.10. The summed E-state index contributed by atoms with van der Waals surface area (Å²) >= 11 is 3.43. The second-order valence-electron chi connectivity index (χ2n) is 5.17. The number of nitrogens with zero attached hydrogens (tertiary/aromatic N) is 1. The van der Waals surface area contributed by atoms with Crippen molar-refractivity contribution in [3.05, 3.63) is 52.0 Å². The van der Waals surface area contributed by atoms with Crippen LogP contribution < -0.4 is 14.2 Å². The smallest absolute Gasteiger partial charge is 0.344 e. The van der Waals surface area contributed by atoms with Crippen molar-refractivity contribution < 1.29 is 23.7 Å². The molecule has 2 aromatic rings. The fraction of sp³-hybridized carbons (Fsp3) is 0.222. The van der Waals surface area contributed by atoms with Crippen LogP contribution in [0.4, 0.5) is 0 Å². The van der Waals surface area contributed by atoms with Gasteiger partial charge in [0, 0.05) is 10.0 Å². The molecule has 3 rings (SSSR count). The molecule has 25 heavy (non-hydrogen) atoms. The summed E-state index contributed by atoms with van der Waals surface area (Å²) in [5.41, 5.74) is 1.30. The number of carbonyl (C=O) groups is 1. The zero-order valence-electron chi connectivity index (χ0n) is 13.2. The number of halogens is 1. The average Bonchev–Trinajstić information content (AvgIpc) is 2.65. The van der Waals surface area contributed by atoms with Gasteiger partial charge < -0.3 is 18.9 Å². The minimum absolute atomic E-state index is 0.0901. The van der Waals surface area contributed by atoms with Gasteiger partial charge in [0.1, 0.15) is 25.6 Å². The van der Waals surface area contributed by atoms with Crippen LogP contribution in [0.3, 0.4) is 0 Å². The number of carbonyl (C=O) groups excluding carboxylic acids is 1. The Labute approximate surface area is 153 Å². The van der Waals surface area contributed by atoms with E-state index < -0.39 is 5.97 Å². The van der Waals surface area contributed by atoms with E-state index in [0.29, 0.717) is 36.0 Å². The topological polar surface area (TPSA) is 77.8 Å². The number of hydrogen-bond donors (Lipinski definition) is 0. The normalized spacial score (nSPS) is 12.2. The Morgan fingerprint density at radius 1 is 1.16 bits per heavy atom. The molecule has 0 saturated carbocycles. The maximum atomic E-state index is 11.8. The maximum Gasteiger partial charge on any atom is 0.344 e. The first-order chi connectivity index (χ1) is 12.2. The predicted octanol–water partition coefficient (Wildman–Crippen LogP) is 3.21. The summed E-state index contributed by atoms with van der Waals surface area (Å²) in [7, 11) is 0. The third-order valence-corrected chi connectivity index (χ3v) is 4.18. The summed E-state index contributed by atoms with van der Waals surface area (Å²) in [4.78, 5) is 11.8. The summed E-state index contributed by atoms with van der Waals surface area (Å²) < 4.78 is 22.3. The van der Waals surface area contributed by atoms with Crippen LogP contribution in [0, 0.1) is 11.3 Å². The number of ether oxygens (including phenoxy) is 4. The van der Waals surface area contributed by atoms with Crippen LogP contribution in [0.5, 0.6) is 17.2 Å². The molecule has 1 aliphatic rings. The van der Waals surface area contributed by atoms with Gasteiger partial charge in [-0.05, 0) is 36.4 Å². The van der Waals surface area contributed by atoms with Crippen LogP contribution in [0.25, 0.3) is 0 Å². The molecule has 7 heteroatoms. The number of hydrogen-bond acceptors (Lipinski definition) is 6. The van der Waals surface area contributed by atoms with E-state index in [1.165, 1.54) is 0 Å². The third-order valence-electron chi connectivity index (χ3n) is 3.44. The third kappa shape index (κ3) is 4.43. The highest BCUT2D eigenvalue weighted by atomic mass is 79.9. The van der Waals surface area contributed by atoms with Crippen LogP contribution in [-0.4, -0.2) is 25.8 Å². The van der Waals surface area contributed by atoms with E-state index >= 15 is 0 Å². The van der Waals surface area contributed by atoms with Gasteiger partial charge in [-0.25, -0.2) is 4.79 Å². The van der Waals surface area contributed by atoms with Crippen LogP contribution in [0.2, 0.25) is 0 Å². The lowest BCUT2D eigenvalue weighted by Crippen LogP contribution is -2.17. The summed E-state index contributed by atoms with van der Waals surface area (Å²) in [6.07, 6.45) is 0. The molecule has 0 aliphatic carbocycles. The molecule has 0 aromatic heterocycles. The Morgan fingerprint density at radius 3 is 2.52 bits per heavy atom. The van der Waals surface area contributed by atoms with Crippen molar-refractivity contribution in [3.8, 4) is 23.3 Å². The molecule has 2 aromatic carbocycles. The molecule has 1 heterocycles. The van der Waals surface area contributed by atoms with Crippen molar-refractivity contribution in [3.63, 3.8) is 0 Å². The first-order valence-corrected chi connectivity index (χ1v) is 8.31. The fourth-order valence-electron chi connectivity index (χ4n) is 2.18. The standard InChI is InChI=1S/C18H14BrNO5/c19-15-8-17-16(22-5-6-23-17)7-13(15)10-25-18(21)11-24-14-3-1-12(9-20)2-4-14/h1-4,7-8H,5-6,10-11H2. The first-order valence-electron chi connectivity index (χ1n) is 7.52. The molecule has 0 amide bonds. The number of rotatable bonds is 5. The number of esters is 1. The second kappa shape index (κ2) is 7.90. The van der Waals surface area contributed by atoms with E-state index in [1.807, 2.05) is 6.07 Å². The SMILES string of the molecule is N#Cc1ccc(OCC(=O)OCc2cc3c(cc2Br)OCCO3)cc1. The Kier molecular flexibility index (Phi) is 5.41. The van der Waals surface area contributed by atoms with E-state index in [-0.39, 0.29) is 13.2 Å². The van der Waals surface area contributed by atoms with Crippen LogP contribution in [0.15, 0.2) is 40.9 Å². The Balaban J connectivity index is 1.52. The van der Waals surface area contributed by atoms with Crippen molar-refractivity contribution in [2.75, 3.05) is 19.8 Å². The van der Waals surface area contributed by atoms with Gasteiger partial charge in [0.25, 0.3) is 0 Å². The minimum atomic E-state index is -0.494. The van der Waals surface area contributed by atoms with E-state index in [2.05, 4.69) is 15.9 Å². The largest absolute Gasteiger partial charge is 0.486 e. The minimum Gasteiger partial charge on any atom is -0.486 e. The average molecular weight is 404 g/mol. The molecule has 0 radical (unpaired) electrons. The van der Waals surface area contributed by atoms with Gasteiger partial charge in [0.15, 0.2) is 18.1 Å². The number of benzene rings is 2. The van der Waals surface area contributed by atoms with Crippen LogP contribution in [0.1, 0.15) is 11.1 Å². The molecule has 0 spiro atoms. The van der Waals surface area contributed by atoms with E-state index in [9.17, 15) is 4.79 Å². The van der Waals surface area contributed by atoms with Crippen molar-refractivity contribution >= 4 is 21.9 Å². The van der Waals surface area contributed by atoms with Gasteiger partial charge in [-0.3, -0.25) is 0 Å². The summed E-state index contributed by atoms with van der Waals surface area (Å²) in [5.74, 6) is 1.30. The molecule has 1 aliphatic heterocycles. The molecule has 0 bridgehead atoms. The zero-order chi connectivity index (χ0) is 17.6. The van der Waals surface area contributed by atoms with E-state index in [4.69, 9.17) is 24.2 Å². The molecule has 0 fully saturated rings. The van der Waals surface area contributed by atoms with Crippen molar-refractivity contribution in [1.82, 2.24) is 0 Å². The molecule has 6 nitrogen and oxygen atoms in total. The second-order valence-corrected chi connectivity index (χ2v) is 6.03. The van der Waals surface area contributed by atoms with Gasteiger partial charge >= 0.3 is 5.97 Å². The number of nitriles is 1. The van der Waals surface area contributed by atoms with Crippen molar-refractivity contribution in [2.45, 2.75) is 6.61 Å². The van der Waals surface area contributed by atoms with Crippen LogP contribution in [-0.2, 0) is 16.1 Å². The lowest BCUT2D eigenvalue weighted by atomic mass is 10.2. The summed E-state index contributed by atoms with van der Waals surface area (Å²) in [6.45, 7) is 0.883. The van der Waals surface area contributed by atoms with Gasteiger partial charge in [-0.15, -0.1) is 0 Å². The highest BCUT2D eigenvalue weighted by Crippen LogP contribution is 2.35. The van der Waals surface area contributed by atoms with E-state index in [1.54, 1.807) is 36.4 Å². The Hall–Kier alpha value is -2.72. The lowest BCUT2D eigenvalue weighted by molar-refractivity contribution is -0.147. The fourth-order valence-corrected chi connectivity index (χ4v) is 2.62. The molecule has 0 N–H and O–H groups in total. The maximum absolute atomic E-state index is 11.8. The van der Waals surface area contributed by atoms with Crippen molar-refractivity contribution in [1.29, 1.82) is 5.26 Å². The van der Waals surface area contributed by atoms with Gasteiger partial charge in [0.05, 0.1) is 11.6 Å². The summed E-state index contributed by atoms with van der Waals surface area (Å²) in [6, 6.07) is 12.1. The Bertz CT molecular complexity index is 813. The monoisotopic (exact) mass is 403 g/mol. The first kappa shape index (κ1) is 17.1. The molecule has 128 valence electrons. The Morgan fingerprint density at radius 2 is 1.84 bits per heavy atom. The highest BCUT2D eigenvalue weighted by Gasteiger charge is 2.16. The molecule has 0 unspecified atom stereocenters. The van der Waals surface area contributed by atoms with E-state index in [0.717, 1.165) is 10.0 Å². The van der Waals surface area contributed by atoms with Crippen molar-refractivity contribution in [2.24, 2.45) is 0 Å². The molecule has 0 saturated heterocycles. The van der Waals surface area contributed by atoms with Gasteiger partial charge in [-0.2, -0.15) is 5.26 Å². The lowest BCUT2D eigenvalue weighted by Gasteiger charge is -2.19. The van der Waals surface area contributed by atoms with Crippen LogP contribution >= 0.6 is 15.9 Å². The van der Waals surface area contributed by atoms with Gasteiger partial charge in [0.2, 0.25) is 0 Å².